The van der Waals surface area contributed by atoms with Crippen LogP contribution in [0.15, 0.2) is 24.3 Å². The van der Waals surface area contributed by atoms with Gasteiger partial charge in [-0.1, -0.05) is 25.1 Å². The number of carbonyl (C=O) groups excluding carboxylic acids is 1. The zero-order chi connectivity index (χ0) is 13.8. The van der Waals surface area contributed by atoms with Crippen LogP contribution in [0, 0.1) is 5.92 Å². The summed E-state index contributed by atoms with van der Waals surface area (Å²) in [6.45, 7) is 2.81. The monoisotopic (exact) mass is 262 g/mol. The standard InChI is InChI=1S/C14H18N2O3/c1-2-10-5-3-4-6-12(10)15-14(19)16-8-7-11(9-16)13(17)18/h3-6,11H,2,7-9H2,1H3,(H,15,19)(H,17,18). The third kappa shape index (κ3) is 3.05. The van der Waals surface area contributed by atoms with Crippen molar-refractivity contribution in [3.8, 4) is 0 Å². The second kappa shape index (κ2) is 5.73. The van der Waals surface area contributed by atoms with Gasteiger partial charge in [0.1, 0.15) is 0 Å². The van der Waals surface area contributed by atoms with Gasteiger partial charge in [0.15, 0.2) is 0 Å². The molecule has 1 unspecified atom stereocenters. The summed E-state index contributed by atoms with van der Waals surface area (Å²) in [4.78, 5) is 24.5. The molecule has 102 valence electrons. The van der Waals surface area contributed by atoms with Gasteiger partial charge in [-0.05, 0) is 24.5 Å². The van der Waals surface area contributed by atoms with Crippen LogP contribution in [0.2, 0.25) is 0 Å². The maximum atomic E-state index is 12.1. The molecule has 5 heteroatoms. The van der Waals surface area contributed by atoms with Crippen molar-refractivity contribution >= 4 is 17.7 Å². The number of anilines is 1. The highest BCUT2D eigenvalue weighted by atomic mass is 16.4. The lowest BCUT2D eigenvalue weighted by molar-refractivity contribution is -0.141. The lowest BCUT2D eigenvalue weighted by atomic mass is 10.1. The molecular weight excluding hydrogens is 244 g/mol. The number of hydrogen-bond donors (Lipinski definition) is 2. The number of nitrogens with one attached hydrogen (secondary N) is 1. The summed E-state index contributed by atoms with van der Waals surface area (Å²) < 4.78 is 0. The van der Waals surface area contributed by atoms with Crippen LogP contribution in [0.5, 0.6) is 0 Å². The third-order valence-corrected chi connectivity index (χ3v) is 3.46. The molecule has 1 saturated heterocycles. The van der Waals surface area contributed by atoms with Crippen LogP contribution >= 0.6 is 0 Å². The maximum Gasteiger partial charge on any atom is 0.321 e. The van der Waals surface area contributed by atoms with Gasteiger partial charge < -0.3 is 15.3 Å². The van der Waals surface area contributed by atoms with Crippen molar-refractivity contribution in [3.63, 3.8) is 0 Å². The summed E-state index contributed by atoms with van der Waals surface area (Å²) in [5.41, 5.74) is 1.87. The molecule has 5 nitrogen and oxygen atoms in total. The molecule has 0 spiro atoms. The number of amides is 2. The Kier molecular flexibility index (Phi) is 4.04. The number of rotatable bonds is 3. The van der Waals surface area contributed by atoms with Crippen LogP contribution in [0.4, 0.5) is 10.5 Å². The fourth-order valence-corrected chi connectivity index (χ4v) is 2.29. The van der Waals surface area contributed by atoms with Crippen molar-refractivity contribution < 1.29 is 14.7 Å². The third-order valence-electron chi connectivity index (χ3n) is 3.46. The zero-order valence-corrected chi connectivity index (χ0v) is 10.9. The van der Waals surface area contributed by atoms with Crippen LogP contribution in [0.1, 0.15) is 18.9 Å². The summed E-state index contributed by atoms with van der Waals surface area (Å²) in [6, 6.07) is 7.43. The number of carbonyl (C=O) groups is 2. The van der Waals surface area contributed by atoms with Crippen molar-refractivity contribution in [2.45, 2.75) is 19.8 Å². The van der Waals surface area contributed by atoms with Crippen molar-refractivity contribution in [3.05, 3.63) is 29.8 Å². The van der Waals surface area contributed by atoms with Crippen molar-refractivity contribution in [1.29, 1.82) is 0 Å². The molecular formula is C14H18N2O3. The average Bonchev–Trinajstić information content (AvgIpc) is 2.89. The minimum atomic E-state index is -0.829. The summed E-state index contributed by atoms with van der Waals surface area (Å²) >= 11 is 0. The quantitative estimate of drug-likeness (QED) is 0.877. The van der Waals surface area contributed by atoms with Crippen LogP contribution in [-0.2, 0) is 11.2 Å². The molecule has 19 heavy (non-hydrogen) atoms. The van der Waals surface area contributed by atoms with Crippen LogP contribution in [0.3, 0.4) is 0 Å². The topological polar surface area (TPSA) is 69.6 Å². The Morgan fingerprint density at radius 2 is 2.16 bits per heavy atom. The van der Waals surface area contributed by atoms with Gasteiger partial charge in [-0.25, -0.2) is 4.79 Å². The van der Waals surface area contributed by atoms with Gasteiger partial charge in [-0.3, -0.25) is 4.79 Å². The van der Waals surface area contributed by atoms with Gasteiger partial charge in [0, 0.05) is 18.8 Å². The van der Waals surface area contributed by atoms with Gasteiger partial charge in [0.25, 0.3) is 0 Å². The van der Waals surface area contributed by atoms with Crippen molar-refractivity contribution in [2.24, 2.45) is 5.92 Å². The molecule has 1 atom stereocenters. The first-order chi connectivity index (χ1) is 9.11. The number of nitrogens with zero attached hydrogens (tertiary/aromatic N) is 1. The Labute approximate surface area is 112 Å². The van der Waals surface area contributed by atoms with E-state index in [-0.39, 0.29) is 12.6 Å². The predicted octanol–water partition coefficient (Wildman–Crippen LogP) is 2.19. The lowest BCUT2D eigenvalue weighted by Gasteiger charge is -2.18. The fraction of sp³-hybridized carbons (Fsp3) is 0.429. The van der Waals surface area contributed by atoms with Crippen molar-refractivity contribution in [2.75, 3.05) is 18.4 Å². The predicted molar refractivity (Wildman–Crippen MR) is 72.2 cm³/mol. The van der Waals surface area contributed by atoms with E-state index in [1.54, 1.807) is 4.90 Å². The van der Waals surface area contributed by atoms with E-state index >= 15 is 0 Å². The van der Waals surface area contributed by atoms with Crippen molar-refractivity contribution in [1.82, 2.24) is 4.90 Å². The normalized spacial score (nSPS) is 18.4. The Bertz CT molecular complexity index is 487. The van der Waals surface area contributed by atoms with Crippen LogP contribution < -0.4 is 5.32 Å². The minimum absolute atomic E-state index is 0.218. The molecule has 2 N–H and O–H groups in total. The number of carboxylic acid groups (broad SMARTS) is 1. The molecule has 2 rings (SSSR count). The summed E-state index contributed by atoms with van der Waals surface area (Å²) in [5.74, 6) is -1.27. The van der Waals surface area contributed by atoms with Gasteiger partial charge >= 0.3 is 12.0 Å². The Balaban J connectivity index is 2.00. The molecule has 0 bridgehead atoms. The number of carboxylic acids is 1. The SMILES string of the molecule is CCc1ccccc1NC(=O)N1CCC(C(=O)O)C1. The molecule has 1 aliphatic heterocycles. The van der Waals surface area contributed by atoms with Crippen LogP contribution in [-0.4, -0.2) is 35.1 Å². The molecule has 0 radical (unpaired) electrons. The summed E-state index contributed by atoms with van der Waals surface area (Å²) in [7, 11) is 0. The first-order valence-electron chi connectivity index (χ1n) is 6.48. The van der Waals surface area contributed by atoms with Gasteiger partial charge in [0.05, 0.1) is 5.92 Å². The number of benzene rings is 1. The van der Waals surface area contributed by atoms with Crippen LogP contribution in [0.25, 0.3) is 0 Å². The van der Waals surface area contributed by atoms with Gasteiger partial charge in [-0.2, -0.15) is 0 Å². The molecule has 1 fully saturated rings. The molecule has 0 aliphatic carbocycles. The van der Waals surface area contributed by atoms with E-state index in [9.17, 15) is 9.59 Å². The minimum Gasteiger partial charge on any atom is -0.481 e. The molecule has 1 aliphatic rings. The number of aliphatic carboxylic acids is 1. The zero-order valence-electron chi connectivity index (χ0n) is 10.9. The number of urea groups is 1. The second-order valence-electron chi connectivity index (χ2n) is 4.71. The first-order valence-corrected chi connectivity index (χ1v) is 6.48. The van der Waals surface area contributed by atoms with E-state index in [1.807, 2.05) is 31.2 Å². The highest BCUT2D eigenvalue weighted by Gasteiger charge is 2.30. The fourth-order valence-electron chi connectivity index (χ4n) is 2.29. The Morgan fingerprint density at radius 1 is 1.42 bits per heavy atom. The number of likely N-dealkylation sites (tertiary alicyclic amines) is 1. The van der Waals surface area contributed by atoms with E-state index < -0.39 is 11.9 Å². The molecule has 1 aromatic rings. The van der Waals surface area contributed by atoms with E-state index in [4.69, 9.17) is 5.11 Å². The summed E-state index contributed by atoms with van der Waals surface area (Å²) in [5, 5.41) is 11.8. The molecule has 2 amide bonds. The van der Waals surface area contributed by atoms with Gasteiger partial charge in [-0.15, -0.1) is 0 Å². The van der Waals surface area contributed by atoms with Gasteiger partial charge in [0.2, 0.25) is 0 Å². The van der Waals surface area contributed by atoms with E-state index in [1.165, 1.54) is 0 Å². The maximum absolute atomic E-state index is 12.1. The highest BCUT2D eigenvalue weighted by molar-refractivity contribution is 5.90. The number of hydrogen-bond acceptors (Lipinski definition) is 2. The molecule has 0 aromatic heterocycles. The average molecular weight is 262 g/mol. The number of para-hydroxylation sites is 1. The molecule has 1 heterocycles. The van der Waals surface area contributed by atoms with E-state index in [0.717, 1.165) is 17.7 Å². The lowest BCUT2D eigenvalue weighted by Crippen LogP contribution is -2.34. The molecule has 0 saturated carbocycles. The second-order valence-corrected chi connectivity index (χ2v) is 4.71. The highest BCUT2D eigenvalue weighted by Crippen LogP contribution is 2.20. The largest absolute Gasteiger partial charge is 0.481 e. The number of aryl methyl sites for hydroxylation is 1. The smallest absolute Gasteiger partial charge is 0.321 e. The first kappa shape index (κ1) is 13.4. The Hall–Kier alpha value is -2.04. The molecule has 1 aromatic carbocycles. The summed E-state index contributed by atoms with van der Waals surface area (Å²) in [6.07, 6.45) is 1.37. The van der Waals surface area contributed by atoms with E-state index in [0.29, 0.717) is 13.0 Å². The Morgan fingerprint density at radius 3 is 2.79 bits per heavy atom. The van der Waals surface area contributed by atoms with E-state index in [2.05, 4.69) is 5.32 Å².